The Bertz CT molecular complexity index is 784. The first-order valence-corrected chi connectivity index (χ1v) is 10.0. The zero-order chi connectivity index (χ0) is 19.3. The number of hydrogen-bond donors (Lipinski definition) is 1. The Hall–Kier alpha value is -2.24. The molecule has 0 aliphatic carbocycles. The molecule has 0 saturated carbocycles. The minimum Gasteiger partial charge on any atom is -0.381 e. The van der Waals surface area contributed by atoms with Crippen molar-refractivity contribution < 1.29 is 18.7 Å². The lowest BCUT2D eigenvalue weighted by Crippen LogP contribution is -2.49. The molecule has 28 heavy (non-hydrogen) atoms. The molecule has 0 aromatic heterocycles. The maximum Gasteiger partial charge on any atom is 0.251 e. The van der Waals surface area contributed by atoms with Crippen LogP contribution in [-0.4, -0.2) is 38.4 Å². The van der Waals surface area contributed by atoms with Crippen LogP contribution < -0.4 is 5.32 Å². The Morgan fingerprint density at radius 2 is 1.46 bits per heavy atom. The van der Waals surface area contributed by atoms with E-state index in [1.54, 1.807) is 12.1 Å². The van der Waals surface area contributed by atoms with E-state index in [-0.39, 0.29) is 17.8 Å². The Morgan fingerprint density at radius 3 is 2.14 bits per heavy atom. The summed E-state index contributed by atoms with van der Waals surface area (Å²) in [6, 6.07) is 14.0. The van der Waals surface area contributed by atoms with Gasteiger partial charge in [-0.15, -0.1) is 0 Å². The number of carbonyl (C=O) groups is 1. The van der Waals surface area contributed by atoms with Crippen LogP contribution in [0.4, 0.5) is 4.39 Å². The molecule has 4 rings (SSSR count). The molecule has 2 aromatic rings. The van der Waals surface area contributed by atoms with Crippen molar-refractivity contribution in [2.45, 2.75) is 25.3 Å². The smallest absolute Gasteiger partial charge is 0.251 e. The monoisotopic (exact) mass is 383 g/mol. The van der Waals surface area contributed by atoms with Gasteiger partial charge in [-0.2, -0.15) is 0 Å². The van der Waals surface area contributed by atoms with Gasteiger partial charge in [-0.25, -0.2) is 4.39 Å². The lowest BCUT2D eigenvalue weighted by molar-refractivity contribution is -0.0259. The highest BCUT2D eigenvalue weighted by Gasteiger charge is 2.34. The maximum absolute atomic E-state index is 13.1. The van der Waals surface area contributed by atoms with Crippen LogP contribution in [0.25, 0.3) is 11.1 Å². The van der Waals surface area contributed by atoms with Crippen molar-refractivity contribution in [2.75, 3.05) is 26.4 Å². The van der Waals surface area contributed by atoms with E-state index >= 15 is 0 Å². The second-order valence-corrected chi connectivity index (χ2v) is 7.64. The van der Waals surface area contributed by atoms with E-state index in [1.165, 1.54) is 12.1 Å². The highest BCUT2D eigenvalue weighted by molar-refractivity contribution is 5.94. The molecule has 2 atom stereocenters. The molecule has 0 spiro atoms. The molecule has 2 fully saturated rings. The van der Waals surface area contributed by atoms with Crippen molar-refractivity contribution in [3.8, 4) is 11.1 Å². The summed E-state index contributed by atoms with van der Waals surface area (Å²) in [5, 5.41) is 3.24. The number of carbonyl (C=O) groups excluding carboxylic acids is 1. The summed E-state index contributed by atoms with van der Waals surface area (Å²) in [7, 11) is 0. The third kappa shape index (κ3) is 4.42. The van der Waals surface area contributed by atoms with Crippen LogP contribution in [-0.2, 0) is 9.47 Å². The largest absolute Gasteiger partial charge is 0.381 e. The number of halogens is 1. The minimum absolute atomic E-state index is 0.0467. The van der Waals surface area contributed by atoms with Crippen molar-refractivity contribution in [1.29, 1.82) is 0 Å². The molecule has 4 nitrogen and oxygen atoms in total. The number of rotatable bonds is 4. The average molecular weight is 383 g/mol. The van der Waals surface area contributed by atoms with Gasteiger partial charge in [-0.05, 0) is 60.6 Å². The predicted molar refractivity (Wildman–Crippen MR) is 106 cm³/mol. The molecule has 148 valence electrons. The summed E-state index contributed by atoms with van der Waals surface area (Å²) in [5.41, 5.74) is 2.53. The van der Waals surface area contributed by atoms with E-state index in [0.29, 0.717) is 30.6 Å². The number of hydrogen-bond acceptors (Lipinski definition) is 3. The van der Waals surface area contributed by atoms with Crippen molar-refractivity contribution in [3.63, 3.8) is 0 Å². The van der Waals surface area contributed by atoms with Gasteiger partial charge in [0.05, 0.1) is 6.61 Å². The van der Waals surface area contributed by atoms with Gasteiger partial charge in [0, 0.05) is 37.3 Å². The van der Waals surface area contributed by atoms with Crippen molar-refractivity contribution >= 4 is 5.91 Å². The van der Waals surface area contributed by atoms with Crippen LogP contribution in [0, 0.1) is 17.7 Å². The number of ether oxygens (including phenoxy) is 2. The van der Waals surface area contributed by atoms with Gasteiger partial charge in [0.2, 0.25) is 0 Å². The fourth-order valence-corrected chi connectivity index (χ4v) is 4.26. The molecule has 0 bridgehead atoms. The summed E-state index contributed by atoms with van der Waals surface area (Å²) >= 11 is 0. The van der Waals surface area contributed by atoms with Gasteiger partial charge < -0.3 is 14.8 Å². The van der Waals surface area contributed by atoms with E-state index in [9.17, 15) is 9.18 Å². The number of amides is 1. The maximum atomic E-state index is 13.1. The SMILES string of the molecule is O=C(N[C@H]1CCOC[C@H]1C1CCOCC1)c1ccc(-c2ccc(F)cc2)cc1. The van der Waals surface area contributed by atoms with Crippen LogP contribution in [0.5, 0.6) is 0 Å². The summed E-state index contributed by atoms with van der Waals surface area (Å²) in [4.78, 5) is 12.8. The third-order valence-electron chi connectivity index (χ3n) is 5.91. The van der Waals surface area contributed by atoms with Gasteiger partial charge >= 0.3 is 0 Å². The van der Waals surface area contributed by atoms with E-state index in [2.05, 4.69) is 5.32 Å². The van der Waals surface area contributed by atoms with Gasteiger partial charge in [-0.3, -0.25) is 4.79 Å². The highest BCUT2D eigenvalue weighted by Crippen LogP contribution is 2.30. The quantitative estimate of drug-likeness (QED) is 0.866. The zero-order valence-corrected chi connectivity index (χ0v) is 15.9. The van der Waals surface area contributed by atoms with Gasteiger partial charge in [0.15, 0.2) is 0 Å². The molecular formula is C23H26FNO3. The molecule has 2 aliphatic rings. The van der Waals surface area contributed by atoms with E-state index < -0.39 is 0 Å². The van der Waals surface area contributed by atoms with Gasteiger partial charge in [-0.1, -0.05) is 24.3 Å². The molecule has 2 heterocycles. The molecule has 2 aliphatic heterocycles. The molecule has 1 amide bonds. The summed E-state index contributed by atoms with van der Waals surface area (Å²) in [6.45, 7) is 2.99. The van der Waals surface area contributed by atoms with Gasteiger partial charge in [0.1, 0.15) is 5.82 Å². The van der Waals surface area contributed by atoms with E-state index in [4.69, 9.17) is 9.47 Å². The van der Waals surface area contributed by atoms with Crippen molar-refractivity contribution in [3.05, 3.63) is 59.9 Å². The topological polar surface area (TPSA) is 47.6 Å². The molecule has 0 radical (unpaired) electrons. The Labute approximate surface area is 165 Å². The Kier molecular flexibility index (Phi) is 6.03. The standard InChI is InChI=1S/C23H26FNO3/c24-20-7-5-17(6-8-20)16-1-3-19(4-2-16)23(26)25-22-11-14-28-15-21(22)18-9-12-27-13-10-18/h1-8,18,21-22H,9-15H2,(H,25,26)/t21-,22-/m0/s1. The fourth-order valence-electron chi connectivity index (χ4n) is 4.26. The predicted octanol–water partition coefficient (Wildman–Crippen LogP) is 4.05. The van der Waals surface area contributed by atoms with Crippen molar-refractivity contribution in [2.24, 2.45) is 11.8 Å². The summed E-state index contributed by atoms with van der Waals surface area (Å²) < 4.78 is 24.3. The van der Waals surface area contributed by atoms with Crippen molar-refractivity contribution in [1.82, 2.24) is 5.32 Å². The van der Waals surface area contributed by atoms with E-state index in [1.807, 2.05) is 24.3 Å². The molecule has 1 N–H and O–H groups in total. The lowest BCUT2D eigenvalue weighted by Gasteiger charge is -2.39. The van der Waals surface area contributed by atoms with Gasteiger partial charge in [0.25, 0.3) is 5.91 Å². The van der Waals surface area contributed by atoms with Crippen LogP contribution in [0.3, 0.4) is 0 Å². The first-order chi connectivity index (χ1) is 13.7. The van der Waals surface area contributed by atoms with E-state index in [0.717, 1.165) is 43.6 Å². The molecular weight excluding hydrogens is 357 g/mol. The normalized spacial score (nSPS) is 23.3. The number of nitrogens with one attached hydrogen (secondary N) is 1. The minimum atomic E-state index is -0.254. The first kappa shape index (κ1) is 19.1. The molecule has 0 unspecified atom stereocenters. The lowest BCUT2D eigenvalue weighted by atomic mass is 9.79. The number of benzene rings is 2. The Balaban J connectivity index is 1.42. The van der Waals surface area contributed by atoms with Crippen LogP contribution in [0.15, 0.2) is 48.5 Å². The summed E-state index contributed by atoms with van der Waals surface area (Å²) in [5.74, 6) is 0.588. The third-order valence-corrected chi connectivity index (χ3v) is 5.91. The Morgan fingerprint density at radius 1 is 0.857 bits per heavy atom. The second-order valence-electron chi connectivity index (χ2n) is 7.64. The second kappa shape index (κ2) is 8.84. The first-order valence-electron chi connectivity index (χ1n) is 10.0. The van der Waals surface area contributed by atoms with Crippen LogP contribution >= 0.6 is 0 Å². The van der Waals surface area contributed by atoms with Crippen LogP contribution in [0.1, 0.15) is 29.6 Å². The molecule has 2 saturated heterocycles. The average Bonchev–Trinajstić information content (AvgIpc) is 2.75. The zero-order valence-electron chi connectivity index (χ0n) is 15.9. The van der Waals surface area contributed by atoms with Crippen LogP contribution in [0.2, 0.25) is 0 Å². The summed E-state index contributed by atoms with van der Waals surface area (Å²) in [6.07, 6.45) is 2.92. The molecule has 2 aromatic carbocycles. The highest BCUT2D eigenvalue weighted by atomic mass is 19.1. The fraction of sp³-hybridized carbons (Fsp3) is 0.435. The molecule has 5 heteroatoms.